The molecule has 2 aromatic carbocycles. The molecule has 3 aromatic rings. The van der Waals surface area contributed by atoms with Gasteiger partial charge >= 0.3 is 0 Å². The predicted molar refractivity (Wildman–Crippen MR) is 111 cm³/mol. The quantitative estimate of drug-likeness (QED) is 0.417. The number of rotatable bonds is 7. The molecule has 1 fully saturated rings. The minimum absolute atomic E-state index is 0.0104. The summed E-state index contributed by atoms with van der Waals surface area (Å²) >= 11 is 0. The standard InChI is InChI=1S/C24H28F2O3/c1-3-5-15-6-8-16(9-7-15)14-28-20-13-11-18-17-10-12-19(27-4-2)21(25)23(17)29-24(18)22(20)26/h10-13,15-16H,3-9,14H2,1-2H3. The smallest absolute Gasteiger partial charge is 0.208 e. The molecule has 3 nitrogen and oxygen atoms in total. The molecule has 4 rings (SSSR count). The SMILES string of the molecule is CCCC1CCC(COc2ccc3c(oc4c(F)c(OCC)ccc43)c2F)CC1. The summed E-state index contributed by atoms with van der Waals surface area (Å²) in [6.45, 7) is 4.86. The van der Waals surface area contributed by atoms with Gasteiger partial charge in [0, 0.05) is 10.8 Å². The first-order chi connectivity index (χ1) is 14.1. The number of furan rings is 1. The van der Waals surface area contributed by atoms with Crippen LogP contribution in [0.2, 0.25) is 0 Å². The fourth-order valence-corrected chi connectivity index (χ4v) is 4.48. The predicted octanol–water partition coefficient (Wildman–Crippen LogP) is 7.25. The third-order valence-corrected chi connectivity index (χ3v) is 6.06. The van der Waals surface area contributed by atoms with Crippen LogP contribution in [-0.2, 0) is 0 Å². The van der Waals surface area contributed by atoms with Crippen molar-refractivity contribution in [1.29, 1.82) is 0 Å². The first kappa shape index (κ1) is 20.0. The number of fused-ring (bicyclic) bond motifs is 3. The summed E-state index contributed by atoms with van der Waals surface area (Å²) in [5.41, 5.74) is 0.0351. The van der Waals surface area contributed by atoms with Crippen molar-refractivity contribution in [2.24, 2.45) is 11.8 Å². The average molecular weight is 402 g/mol. The molecule has 1 aromatic heterocycles. The van der Waals surface area contributed by atoms with E-state index >= 15 is 4.39 Å². The Labute approximate surface area is 170 Å². The van der Waals surface area contributed by atoms with Crippen molar-refractivity contribution >= 4 is 21.9 Å². The zero-order valence-corrected chi connectivity index (χ0v) is 17.1. The van der Waals surface area contributed by atoms with Crippen LogP contribution in [0, 0.1) is 23.5 Å². The van der Waals surface area contributed by atoms with E-state index in [4.69, 9.17) is 13.9 Å². The summed E-state index contributed by atoms with van der Waals surface area (Å²) in [6.07, 6.45) is 7.26. The third-order valence-electron chi connectivity index (χ3n) is 6.06. The molecular formula is C24H28F2O3. The third kappa shape index (κ3) is 3.92. The highest BCUT2D eigenvalue weighted by Gasteiger charge is 2.23. The van der Waals surface area contributed by atoms with Gasteiger partial charge in [-0.2, -0.15) is 8.78 Å². The minimum Gasteiger partial charge on any atom is -0.491 e. The summed E-state index contributed by atoms with van der Waals surface area (Å²) in [4.78, 5) is 0. The summed E-state index contributed by atoms with van der Waals surface area (Å²) in [5.74, 6) is 0.380. The molecule has 0 aliphatic heterocycles. The lowest BCUT2D eigenvalue weighted by atomic mass is 9.80. The number of benzene rings is 2. The van der Waals surface area contributed by atoms with Gasteiger partial charge in [0.05, 0.1) is 13.2 Å². The van der Waals surface area contributed by atoms with E-state index in [2.05, 4.69) is 6.92 Å². The molecule has 0 radical (unpaired) electrons. The van der Waals surface area contributed by atoms with Crippen molar-refractivity contribution in [3.8, 4) is 11.5 Å². The molecule has 0 bridgehead atoms. The van der Waals surface area contributed by atoms with Gasteiger partial charge in [-0.3, -0.25) is 0 Å². The van der Waals surface area contributed by atoms with E-state index in [0.717, 1.165) is 18.8 Å². The van der Waals surface area contributed by atoms with Crippen molar-refractivity contribution in [2.75, 3.05) is 13.2 Å². The molecule has 0 atom stereocenters. The molecular weight excluding hydrogens is 374 g/mol. The van der Waals surface area contributed by atoms with Crippen LogP contribution in [-0.4, -0.2) is 13.2 Å². The molecule has 0 saturated heterocycles. The van der Waals surface area contributed by atoms with Gasteiger partial charge in [-0.05, 0) is 55.9 Å². The molecule has 5 heteroatoms. The van der Waals surface area contributed by atoms with Gasteiger partial charge < -0.3 is 13.9 Å². The molecule has 156 valence electrons. The maximum atomic E-state index is 15.0. The van der Waals surface area contributed by atoms with Gasteiger partial charge in [0.2, 0.25) is 11.6 Å². The van der Waals surface area contributed by atoms with Crippen LogP contribution in [0.1, 0.15) is 52.4 Å². The summed E-state index contributed by atoms with van der Waals surface area (Å²) in [6, 6.07) is 6.60. The Kier molecular flexibility index (Phi) is 5.93. The molecule has 0 N–H and O–H groups in total. The molecule has 1 saturated carbocycles. The number of halogens is 2. The largest absolute Gasteiger partial charge is 0.491 e. The molecule has 1 aliphatic rings. The Bertz CT molecular complexity index is 987. The zero-order valence-electron chi connectivity index (χ0n) is 17.1. The van der Waals surface area contributed by atoms with Crippen molar-refractivity contribution in [3.05, 3.63) is 35.9 Å². The Balaban J connectivity index is 1.53. The van der Waals surface area contributed by atoms with Crippen LogP contribution in [0.15, 0.2) is 28.7 Å². The highest BCUT2D eigenvalue weighted by atomic mass is 19.1. The van der Waals surface area contributed by atoms with E-state index in [1.807, 2.05) is 0 Å². The van der Waals surface area contributed by atoms with Crippen LogP contribution in [0.3, 0.4) is 0 Å². The molecule has 29 heavy (non-hydrogen) atoms. The molecule has 1 aliphatic carbocycles. The summed E-state index contributed by atoms with van der Waals surface area (Å²) in [7, 11) is 0. The fraction of sp³-hybridized carbons (Fsp3) is 0.500. The van der Waals surface area contributed by atoms with Crippen LogP contribution in [0.25, 0.3) is 21.9 Å². The van der Waals surface area contributed by atoms with Crippen LogP contribution < -0.4 is 9.47 Å². The van der Waals surface area contributed by atoms with Crippen LogP contribution in [0.5, 0.6) is 11.5 Å². The summed E-state index contributed by atoms with van der Waals surface area (Å²) in [5, 5.41) is 1.06. The molecule has 0 unspecified atom stereocenters. The highest BCUT2D eigenvalue weighted by Crippen LogP contribution is 2.38. The number of hydrogen-bond donors (Lipinski definition) is 0. The van der Waals surface area contributed by atoms with Crippen LogP contribution >= 0.6 is 0 Å². The van der Waals surface area contributed by atoms with Gasteiger partial charge in [-0.25, -0.2) is 0 Å². The van der Waals surface area contributed by atoms with Crippen molar-refractivity contribution < 1.29 is 22.7 Å². The fourth-order valence-electron chi connectivity index (χ4n) is 4.48. The van der Waals surface area contributed by atoms with Gasteiger partial charge in [-0.15, -0.1) is 0 Å². The van der Waals surface area contributed by atoms with E-state index < -0.39 is 11.6 Å². The minimum atomic E-state index is -0.605. The highest BCUT2D eigenvalue weighted by molar-refractivity contribution is 6.06. The van der Waals surface area contributed by atoms with Gasteiger partial charge in [0.1, 0.15) is 0 Å². The lowest BCUT2D eigenvalue weighted by molar-refractivity contribution is 0.174. The van der Waals surface area contributed by atoms with Crippen LogP contribution in [0.4, 0.5) is 8.78 Å². The molecule has 1 heterocycles. The van der Waals surface area contributed by atoms with Gasteiger partial charge in [-0.1, -0.05) is 32.6 Å². The Morgan fingerprint density at radius 2 is 1.38 bits per heavy atom. The Hall–Kier alpha value is -2.30. The maximum Gasteiger partial charge on any atom is 0.208 e. The summed E-state index contributed by atoms with van der Waals surface area (Å²) < 4.78 is 46.3. The second-order valence-electron chi connectivity index (χ2n) is 8.03. The van der Waals surface area contributed by atoms with E-state index in [9.17, 15) is 4.39 Å². The second-order valence-corrected chi connectivity index (χ2v) is 8.03. The topological polar surface area (TPSA) is 31.6 Å². The number of ether oxygens (including phenoxy) is 2. The van der Waals surface area contributed by atoms with E-state index in [0.29, 0.717) is 29.9 Å². The van der Waals surface area contributed by atoms with E-state index in [-0.39, 0.29) is 22.7 Å². The van der Waals surface area contributed by atoms with Gasteiger partial charge in [0.25, 0.3) is 0 Å². The molecule has 0 spiro atoms. The zero-order chi connectivity index (χ0) is 20.4. The van der Waals surface area contributed by atoms with Crippen molar-refractivity contribution in [3.63, 3.8) is 0 Å². The second kappa shape index (κ2) is 8.60. The Morgan fingerprint density at radius 1 is 0.828 bits per heavy atom. The maximum absolute atomic E-state index is 15.0. The van der Waals surface area contributed by atoms with E-state index in [1.165, 1.54) is 25.7 Å². The van der Waals surface area contributed by atoms with Crippen molar-refractivity contribution in [1.82, 2.24) is 0 Å². The lowest BCUT2D eigenvalue weighted by Gasteiger charge is -2.28. The first-order valence-electron chi connectivity index (χ1n) is 10.7. The van der Waals surface area contributed by atoms with E-state index in [1.54, 1.807) is 31.2 Å². The number of hydrogen-bond acceptors (Lipinski definition) is 3. The first-order valence-corrected chi connectivity index (χ1v) is 10.7. The van der Waals surface area contributed by atoms with Crippen molar-refractivity contribution in [2.45, 2.75) is 52.4 Å². The normalized spacial score (nSPS) is 19.7. The average Bonchev–Trinajstić information content (AvgIpc) is 3.11. The Morgan fingerprint density at radius 3 is 1.93 bits per heavy atom. The van der Waals surface area contributed by atoms with Gasteiger partial charge in [0.15, 0.2) is 22.7 Å². The lowest BCUT2D eigenvalue weighted by Crippen LogP contribution is -2.20. The monoisotopic (exact) mass is 402 g/mol. The molecule has 0 amide bonds.